The molecule has 0 heterocycles. The van der Waals surface area contributed by atoms with Gasteiger partial charge in [-0.3, -0.25) is 4.79 Å². The van der Waals surface area contributed by atoms with Crippen LogP contribution in [-0.2, 0) is 9.53 Å². The van der Waals surface area contributed by atoms with Gasteiger partial charge in [-0.25, -0.2) is 0 Å². The third kappa shape index (κ3) is 17.8. The second kappa shape index (κ2) is 21.7. The van der Waals surface area contributed by atoms with Gasteiger partial charge in [-0.2, -0.15) is 0 Å². The highest BCUT2D eigenvalue weighted by atomic mass is 16.5. The van der Waals surface area contributed by atoms with Gasteiger partial charge in [-0.15, -0.1) is 0 Å². The van der Waals surface area contributed by atoms with Gasteiger partial charge in [0.15, 0.2) is 0 Å². The summed E-state index contributed by atoms with van der Waals surface area (Å²) in [5.41, 5.74) is 0. The zero-order valence-corrected chi connectivity index (χ0v) is 23.8. The summed E-state index contributed by atoms with van der Waals surface area (Å²) in [6.07, 6.45) is 31.2. The molecular weight excluding hydrogens is 418 g/mol. The second-order valence-corrected chi connectivity index (χ2v) is 11.5. The Bertz CT molecular complexity index is 464. The van der Waals surface area contributed by atoms with Crippen molar-refractivity contribution >= 4 is 5.97 Å². The van der Waals surface area contributed by atoms with Gasteiger partial charge in [0.05, 0.1) is 7.11 Å². The van der Waals surface area contributed by atoms with Crippen LogP contribution in [0.5, 0.6) is 0 Å². The normalized spacial score (nSPS) is 18.4. The number of hydrogen-bond donors (Lipinski definition) is 0. The predicted octanol–water partition coefficient (Wildman–Crippen LogP) is 9.33. The Morgan fingerprint density at radius 3 is 1.62 bits per heavy atom. The smallest absolute Gasteiger partial charge is 0.305 e. The molecule has 1 saturated carbocycles. The molecule has 1 fully saturated rings. The third-order valence-corrected chi connectivity index (χ3v) is 8.24. The van der Waals surface area contributed by atoms with Crippen LogP contribution >= 0.6 is 0 Å². The summed E-state index contributed by atoms with van der Waals surface area (Å²) in [5, 5.41) is 0. The molecule has 0 radical (unpaired) electrons. The summed E-state index contributed by atoms with van der Waals surface area (Å²) >= 11 is 0. The van der Waals surface area contributed by atoms with Crippen LogP contribution in [0.2, 0.25) is 0 Å². The summed E-state index contributed by atoms with van der Waals surface area (Å²) in [5.74, 6) is 2.05. The van der Waals surface area contributed by atoms with Gasteiger partial charge in [0, 0.05) is 12.5 Å². The standard InChI is InChI=1S/C31H61NO2/c1-5-6-7-19-24-30(32(2)3)25-20-15-11-9-8-10-13-17-22-28-27-29(28)23-18-14-12-16-21-26-31(33)34-4/h28-30H,5-27H2,1-4H3. The number of nitrogens with zero attached hydrogens (tertiary/aromatic N) is 1. The molecule has 34 heavy (non-hydrogen) atoms. The van der Waals surface area contributed by atoms with Crippen molar-refractivity contribution in [2.75, 3.05) is 21.2 Å². The molecule has 0 aromatic carbocycles. The van der Waals surface area contributed by atoms with Crippen LogP contribution in [-0.4, -0.2) is 38.1 Å². The van der Waals surface area contributed by atoms with Crippen molar-refractivity contribution in [3.8, 4) is 0 Å². The summed E-state index contributed by atoms with van der Waals surface area (Å²) in [4.78, 5) is 13.6. The molecule has 1 rings (SSSR count). The van der Waals surface area contributed by atoms with E-state index in [9.17, 15) is 4.79 Å². The highest BCUT2D eigenvalue weighted by Gasteiger charge is 2.34. The fourth-order valence-corrected chi connectivity index (χ4v) is 5.64. The molecule has 3 nitrogen and oxygen atoms in total. The Balaban J connectivity index is 1.81. The summed E-state index contributed by atoms with van der Waals surface area (Å²) in [6.45, 7) is 2.30. The van der Waals surface area contributed by atoms with E-state index >= 15 is 0 Å². The van der Waals surface area contributed by atoms with Crippen LogP contribution in [0.4, 0.5) is 0 Å². The van der Waals surface area contributed by atoms with Gasteiger partial charge in [-0.1, -0.05) is 122 Å². The Kier molecular flexibility index (Phi) is 20.1. The average molecular weight is 480 g/mol. The van der Waals surface area contributed by atoms with E-state index in [4.69, 9.17) is 4.74 Å². The fourth-order valence-electron chi connectivity index (χ4n) is 5.64. The SMILES string of the molecule is CCCCCCC(CCCCCCCCCCC1CC1CCCCCCCC(=O)OC)N(C)C. The van der Waals surface area contributed by atoms with Gasteiger partial charge < -0.3 is 9.64 Å². The van der Waals surface area contributed by atoms with Crippen molar-refractivity contribution in [1.29, 1.82) is 0 Å². The lowest BCUT2D eigenvalue weighted by Gasteiger charge is -2.24. The van der Waals surface area contributed by atoms with Crippen molar-refractivity contribution in [2.24, 2.45) is 11.8 Å². The predicted molar refractivity (Wildman–Crippen MR) is 148 cm³/mol. The van der Waals surface area contributed by atoms with E-state index < -0.39 is 0 Å². The Labute approximate surface area is 214 Å². The molecule has 202 valence electrons. The lowest BCUT2D eigenvalue weighted by Crippen LogP contribution is -2.27. The van der Waals surface area contributed by atoms with Gasteiger partial charge in [-0.05, 0) is 51.6 Å². The van der Waals surface area contributed by atoms with Crippen molar-refractivity contribution in [3.63, 3.8) is 0 Å². The van der Waals surface area contributed by atoms with E-state index in [0.29, 0.717) is 6.42 Å². The van der Waals surface area contributed by atoms with Crippen molar-refractivity contribution in [2.45, 2.75) is 161 Å². The van der Waals surface area contributed by atoms with E-state index in [2.05, 4.69) is 25.9 Å². The first-order valence-corrected chi connectivity index (χ1v) is 15.3. The molecule has 0 saturated heterocycles. The minimum absolute atomic E-state index is 0.0575. The number of hydrogen-bond acceptors (Lipinski definition) is 3. The lowest BCUT2D eigenvalue weighted by molar-refractivity contribution is -0.140. The molecule has 0 amide bonds. The Hall–Kier alpha value is -0.570. The molecule has 3 heteroatoms. The highest BCUT2D eigenvalue weighted by molar-refractivity contribution is 5.68. The Morgan fingerprint density at radius 2 is 1.15 bits per heavy atom. The zero-order chi connectivity index (χ0) is 24.9. The number of unbranched alkanes of at least 4 members (excludes halogenated alkanes) is 14. The number of esters is 1. The van der Waals surface area contributed by atoms with E-state index in [1.807, 2.05) is 0 Å². The van der Waals surface area contributed by atoms with Crippen LogP contribution in [0.3, 0.4) is 0 Å². The number of rotatable bonds is 25. The van der Waals surface area contributed by atoms with Gasteiger partial charge >= 0.3 is 5.97 Å². The van der Waals surface area contributed by atoms with E-state index in [-0.39, 0.29) is 5.97 Å². The zero-order valence-electron chi connectivity index (χ0n) is 23.8. The number of methoxy groups -OCH3 is 1. The van der Waals surface area contributed by atoms with E-state index in [1.165, 1.54) is 142 Å². The summed E-state index contributed by atoms with van der Waals surface area (Å²) in [7, 11) is 6.02. The van der Waals surface area contributed by atoms with Crippen LogP contribution < -0.4 is 0 Å². The van der Waals surface area contributed by atoms with Crippen LogP contribution in [0.25, 0.3) is 0 Å². The number of ether oxygens (including phenoxy) is 1. The van der Waals surface area contributed by atoms with Gasteiger partial charge in [0.25, 0.3) is 0 Å². The van der Waals surface area contributed by atoms with Crippen molar-refractivity contribution < 1.29 is 9.53 Å². The Morgan fingerprint density at radius 1 is 0.706 bits per heavy atom. The molecule has 3 unspecified atom stereocenters. The molecule has 0 N–H and O–H groups in total. The maximum Gasteiger partial charge on any atom is 0.305 e. The fraction of sp³-hybridized carbons (Fsp3) is 0.968. The maximum absolute atomic E-state index is 11.1. The minimum atomic E-state index is -0.0575. The van der Waals surface area contributed by atoms with Crippen LogP contribution in [0.15, 0.2) is 0 Å². The lowest BCUT2D eigenvalue weighted by atomic mass is 9.99. The second-order valence-electron chi connectivity index (χ2n) is 11.5. The molecular formula is C31H61NO2. The maximum atomic E-state index is 11.1. The van der Waals surface area contributed by atoms with E-state index in [0.717, 1.165) is 24.3 Å². The monoisotopic (exact) mass is 479 g/mol. The number of carbonyl (C=O) groups is 1. The minimum Gasteiger partial charge on any atom is -0.469 e. The first-order valence-electron chi connectivity index (χ1n) is 15.3. The molecule has 0 bridgehead atoms. The summed E-state index contributed by atoms with van der Waals surface area (Å²) < 4.78 is 4.69. The molecule has 0 aromatic heterocycles. The first-order chi connectivity index (χ1) is 16.6. The van der Waals surface area contributed by atoms with Crippen LogP contribution in [0.1, 0.15) is 155 Å². The van der Waals surface area contributed by atoms with Gasteiger partial charge in [0.1, 0.15) is 0 Å². The molecule has 1 aliphatic carbocycles. The third-order valence-electron chi connectivity index (χ3n) is 8.24. The van der Waals surface area contributed by atoms with Crippen molar-refractivity contribution in [1.82, 2.24) is 4.90 Å². The van der Waals surface area contributed by atoms with Gasteiger partial charge in [0.2, 0.25) is 0 Å². The summed E-state index contributed by atoms with van der Waals surface area (Å²) in [6, 6.07) is 0.807. The van der Waals surface area contributed by atoms with Crippen LogP contribution in [0, 0.1) is 11.8 Å². The molecule has 1 aliphatic rings. The molecule has 0 aromatic rings. The van der Waals surface area contributed by atoms with E-state index in [1.54, 1.807) is 0 Å². The quantitative estimate of drug-likeness (QED) is 0.0964. The topological polar surface area (TPSA) is 29.5 Å². The average Bonchev–Trinajstić information content (AvgIpc) is 3.58. The molecule has 0 spiro atoms. The molecule has 3 atom stereocenters. The largest absolute Gasteiger partial charge is 0.469 e. The number of carbonyl (C=O) groups excluding carboxylic acids is 1. The first kappa shape index (κ1) is 31.5. The van der Waals surface area contributed by atoms with Crippen molar-refractivity contribution in [3.05, 3.63) is 0 Å². The highest BCUT2D eigenvalue weighted by Crippen LogP contribution is 2.45. The molecule has 0 aliphatic heterocycles.